The summed E-state index contributed by atoms with van der Waals surface area (Å²) in [5.41, 5.74) is 16.3. The lowest BCUT2D eigenvalue weighted by Gasteiger charge is -2.01. The van der Waals surface area contributed by atoms with Crippen LogP contribution in [0.3, 0.4) is 0 Å². The number of benzene rings is 1. The molecule has 0 unspecified atom stereocenters. The van der Waals surface area contributed by atoms with Gasteiger partial charge in [0.1, 0.15) is 0 Å². The van der Waals surface area contributed by atoms with Crippen molar-refractivity contribution in [2.75, 3.05) is 0 Å². The van der Waals surface area contributed by atoms with Crippen LogP contribution in [0.5, 0.6) is 0 Å². The fraction of sp³-hybridized carbons (Fsp3) is 0.147. The van der Waals surface area contributed by atoms with Crippen molar-refractivity contribution >= 4 is 11.6 Å². The summed E-state index contributed by atoms with van der Waals surface area (Å²) in [6.45, 7) is 21.8. The van der Waals surface area contributed by atoms with Gasteiger partial charge < -0.3 is 11.5 Å². The van der Waals surface area contributed by atoms with Gasteiger partial charge in [0.15, 0.2) is 0 Å². The van der Waals surface area contributed by atoms with Gasteiger partial charge in [0.05, 0.1) is 0 Å². The molecule has 0 saturated carbocycles. The molecule has 5 nitrogen and oxygen atoms in total. The van der Waals surface area contributed by atoms with Crippen LogP contribution >= 0.6 is 0 Å². The highest BCUT2D eigenvalue weighted by Gasteiger charge is 1.95. The maximum absolute atomic E-state index is 4.61. The second-order valence-corrected chi connectivity index (χ2v) is 7.08. The summed E-state index contributed by atoms with van der Waals surface area (Å²) in [4.78, 5) is 11.7. The molecule has 1 aromatic carbocycles. The van der Waals surface area contributed by atoms with Crippen molar-refractivity contribution in [3.05, 3.63) is 153 Å². The van der Waals surface area contributed by atoms with Gasteiger partial charge in [0.25, 0.3) is 0 Å². The van der Waals surface area contributed by atoms with Gasteiger partial charge in [-0.1, -0.05) is 89.1 Å². The van der Waals surface area contributed by atoms with Gasteiger partial charge in [-0.3, -0.25) is 15.0 Å². The molecule has 39 heavy (non-hydrogen) atoms. The Balaban J connectivity index is -0.000000444. The third-order valence-corrected chi connectivity index (χ3v) is 4.15. The molecule has 208 valence electrons. The Kier molecular flexibility index (Phi) is 27.6. The second-order valence-electron chi connectivity index (χ2n) is 7.08. The smallest absolute Gasteiger partial charge is 0.0273 e. The van der Waals surface area contributed by atoms with E-state index in [0.717, 1.165) is 16.7 Å². The van der Waals surface area contributed by atoms with Gasteiger partial charge in [-0.2, -0.15) is 0 Å². The molecule has 4 aromatic rings. The lowest BCUT2D eigenvalue weighted by atomic mass is 10.1. The molecule has 0 aliphatic carbocycles. The molecular formula is C34H47N5. The summed E-state index contributed by atoms with van der Waals surface area (Å²) in [5, 5.41) is 0. The second kappa shape index (κ2) is 27.8. The molecule has 0 atom stereocenters. The van der Waals surface area contributed by atoms with Crippen LogP contribution in [0.25, 0.3) is 22.8 Å². The van der Waals surface area contributed by atoms with Gasteiger partial charge in [0, 0.05) is 37.2 Å². The third kappa shape index (κ3) is 21.1. The number of hydrogen-bond donors (Lipinski definition) is 2. The lowest BCUT2D eigenvalue weighted by Crippen LogP contribution is -1.79. The van der Waals surface area contributed by atoms with E-state index >= 15 is 0 Å². The third-order valence-electron chi connectivity index (χ3n) is 4.15. The van der Waals surface area contributed by atoms with Gasteiger partial charge in [-0.25, -0.2) is 0 Å². The molecular weight excluding hydrogens is 478 g/mol. The number of rotatable bonds is 3. The minimum atomic E-state index is 0. The largest absolute Gasteiger partial charge is 0.405 e. The van der Waals surface area contributed by atoms with Crippen LogP contribution in [-0.4, -0.2) is 15.0 Å². The Hall–Kier alpha value is -4.77. The molecule has 0 amide bonds. The molecule has 0 fully saturated rings. The van der Waals surface area contributed by atoms with Gasteiger partial charge in [0.2, 0.25) is 0 Å². The number of nitrogens with two attached hydrogens (primary N) is 2. The number of allylic oxidation sites excluding steroid dienone is 1. The normalized spacial score (nSPS) is 7.90. The molecule has 0 aliphatic rings. The molecule has 0 radical (unpaired) electrons. The van der Waals surface area contributed by atoms with E-state index in [9.17, 15) is 0 Å². The number of aromatic nitrogens is 3. The Bertz CT molecular complexity index is 1120. The van der Waals surface area contributed by atoms with Gasteiger partial charge in [-0.15, -0.1) is 0 Å². The first kappa shape index (κ1) is 38.8. The number of aryl methyl sites for hydroxylation is 1. The highest BCUT2D eigenvalue weighted by Crippen LogP contribution is 2.18. The summed E-state index contributed by atoms with van der Waals surface area (Å²) < 4.78 is 0. The molecule has 5 heteroatoms. The zero-order chi connectivity index (χ0) is 29.0. The summed E-state index contributed by atoms with van der Waals surface area (Å²) in [6, 6.07) is 20.2. The fourth-order valence-electron chi connectivity index (χ4n) is 2.50. The van der Waals surface area contributed by atoms with Crippen molar-refractivity contribution in [3.8, 4) is 11.1 Å². The van der Waals surface area contributed by atoms with E-state index in [2.05, 4.69) is 83.9 Å². The Labute approximate surface area is 237 Å². The molecule has 0 saturated heterocycles. The van der Waals surface area contributed by atoms with Crippen LogP contribution in [0, 0.1) is 6.92 Å². The molecule has 3 heterocycles. The fourth-order valence-corrected chi connectivity index (χ4v) is 2.50. The molecule has 0 spiro atoms. The van der Waals surface area contributed by atoms with Gasteiger partial charge >= 0.3 is 0 Å². The monoisotopic (exact) mass is 525 g/mol. The number of hydrogen-bond acceptors (Lipinski definition) is 5. The molecule has 3 aromatic heterocycles. The molecule has 0 bridgehead atoms. The van der Waals surface area contributed by atoms with E-state index in [1.165, 1.54) is 29.1 Å². The van der Waals surface area contributed by atoms with Crippen molar-refractivity contribution in [3.63, 3.8) is 0 Å². The van der Waals surface area contributed by atoms with E-state index in [4.69, 9.17) is 0 Å². The van der Waals surface area contributed by atoms with Crippen LogP contribution < -0.4 is 11.5 Å². The predicted molar refractivity (Wildman–Crippen MR) is 175 cm³/mol. The van der Waals surface area contributed by atoms with E-state index in [1.807, 2.05) is 69.6 Å². The summed E-state index contributed by atoms with van der Waals surface area (Å²) >= 11 is 0. The Morgan fingerprint density at radius 3 is 1.44 bits per heavy atom. The van der Waals surface area contributed by atoms with Crippen molar-refractivity contribution in [1.82, 2.24) is 15.0 Å². The van der Waals surface area contributed by atoms with Crippen LogP contribution in [0.15, 0.2) is 137 Å². The quantitative estimate of drug-likeness (QED) is 0.279. The summed E-state index contributed by atoms with van der Waals surface area (Å²) in [5.74, 6) is 0. The molecule has 4 N–H and O–H groups in total. The average molecular weight is 526 g/mol. The van der Waals surface area contributed by atoms with E-state index in [-0.39, 0.29) is 7.43 Å². The number of nitrogens with zero attached hydrogens (tertiary/aromatic N) is 3. The SMILES string of the molecule is C.C=C(C)c1ccncc1.C=CN.C=CN.C=Cc1ccncc1.CC.Cc1cccc(-c2ccncc2)c1. The number of pyridine rings is 3. The van der Waals surface area contributed by atoms with Gasteiger partial charge in [-0.05, 0) is 84.9 Å². The Morgan fingerprint density at radius 2 is 1.10 bits per heavy atom. The van der Waals surface area contributed by atoms with Crippen LogP contribution in [0.2, 0.25) is 0 Å². The predicted octanol–water partition coefficient (Wildman–Crippen LogP) is 8.74. The van der Waals surface area contributed by atoms with Crippen LogP contribution in [0.4, 0.5) is 0 Å². The zero-order valence-electron chi connectivity index (χ0n) is 23.3. The maximum Gasteiger partial charge on any atom is 0.0273 e. The average Bonchev–Trinajstić information content (AvgIpc) is 2.97. The first-order chi connectivity index (χ1) is 18.4. The first-order valence-electron chi connectivity index (χ1n) is 12.1. The van der Waals surface area contributed by atoms with Crippen LogP contribution in [-0.2, 0) is 0 Å². The summed E-state index contributed by atoms with van der Waals surface area (Å²) in [7, 11) is 0. The highest BCUT2D eigenvalue weighted by molar-refractivity contribution is 5.63. The van der Waals surface area contributed by atoms with Crippen molar-refractivity contribution < 1.29 is 0 Å². The minimum Gasteiger partial charge on any atom is -0.405 e. The molecule has 0 aliphatic heterocycles. The standard InChI is InChI=1S/C12H11N.C8H9N.C7H7N.2C2H5N.C2H6.CH4/c1-10-3-2-4-12(9-10)11-5-7-13-8-6-11;1-7(2)8-3-5-9-6-4-8;1-2-7-3-5-8-6-4-7;2*1-2-3;1-2;/h2-9H,1H3;3-6H,1H2,2H3;2-6H,1H2;2*2H,1,3H2;1-2H3;1H4. The topological polar surface area (TPSA) is 90.7 Å². The lowest BCUT2D eigenvalue weighted by molar-refractivity contribution is 1.31. The van der Waals surface area contributed by atoms with Crippen molar-refractivity contribution in [2.24, 2.45) is 11.5 Å². The highest BCUT2D eigenvalue weighted by atomic mass is 14.6. The van der Waals surface area contributed by atoms with E-state index < -0.39 is 0 Å². The Morgan fingerprint density at radius 1 is 0.692 bits per heavy atom. The molecule has 4 rings (SSSR count). The summed E-state index contributed by atoms with van der Waals surface area (Å²) in [6.07, 6.45) is 15.0. The zero-order valence-corrected chi connectivity index (χ0v) is 23.3. The maximum atomic E-state index is 4.61. The van der Waals surface area contributed by atoms with E-state index in [1.54, 1.807) is 30.9 Å². The van der Waals surface area contributed by atoms with Crippen LogP contribution in [0.1, 0.15) is 44.9 Å². The van der Waals surface area contributed by atoms with Crippen molar-refractivity contribution in [2.45, 2.75) is 35.1 Å². The first-order valence-corrected chi connectivity index (χ1v) is 12.1. The van der Waals surface area contributed by atoms with Crippen molar-refractivity contribution in [1.29, 1.82) is 0 Å². The van der Waals surface area contributed by atoms with E-state index in [0.29, 0.717) is 0 Å². The minimum absolute atomic E-state index is 0.